The van der Waals surface area contributed by atoms with Crippen LogP contribution in [0.3, 0.4) is 0 Å². The third-order valence-corrected chi connectivity index (χ3v) is 2.27. The Balaban J connectivity index is 0.00000289. The number of rotatable bonds is 3. The van der Waals surface area contributed by atoms with E-state index in [1.807, 2.05) is 0 Å². The van der Waals surface area contributed by atoms with Crippen molar-refractivity contribution in [3.05, 3.63) is 29.8 Å². The first-order valence-electron chi connectivity index (χ1n) is 5.13. The van der Waals surface area contributed by atoms with Gasteiger partial charge in [0.05, 0.1) is 7.11 Å². The van der Waals surface area contributed by atoms with E-state index < -0.39 is 11.5 Å². The lowest BCUT2D eigenvalue weighted by molar-refractivity contribution is -0.146. The minimum absolute atomic E-state index is 0. The van der Waals surface area contributed by atoms with Crippen LogP contribution in [0.15, 0.2) is 24.3 Å². The lowest BCUT2D eigenvalue weighted by Gasteiger charge is -2.23. The number of benzene rings is 1. The number of nitrogen functional groups attached to an aromatic ring is 1. The van der Waals surface area contributed by atoms with Gasteiger partial charge in [-0.15, -0.1) is 12.4 Å². The molecule has 0 heterocycles. The van der Waals surface area contributed by atoms with E-state index >= 15 is 0 Å². The van der Waals surface area contributed by atoms with Crippen molar-refractivity contribution in [1.29, 1.82) is 0 Å². The van der Waals surface area contributed by atoms with Crippen LogP contribution in [0.25, 0.3) is 0 Å². The van der Waals surface area contributed by atoms with Crippen molar-refractivity contribution in [1.82, 2.24) is 5.32 Å². The number of hydrogen-bond donors (Lipinski definition) is 2. The molecule has 0 fully saturated rings. The Morgan fingerprint density at radius 2 is 1.94 bits per heavy atom. The van der Waals surface area contributed by atoms with E-state index in [9.17, 15) is 9.59 Å². The van der Waals surface area contributed by atoms with Crippen LogP contribution in [0.5, 0.6) is 0 Å². The summed E-state index contributed by atoms with van der Waals surface area (Å²) in [5.41, 5.74) is 5.40. The number of amides is 1. The average molecular weight is 273 g/mol. The number of esters is 1. The summed E-state index contributed by atoms with van der Waals surface area (Å²) in [7, 11) is 1.27. The van der Waals surface area contributed by atoms with Crippen LogP contribution in [0.1, 0.15) is 24.2 Å². The molecule has 6 heteroatoms. The van der Waals surface area contributed by atoms with Crippen LogP contribution in [0.4, 0.5) is 5.69 Å². The monoisotopic (exact) mass is 272 g/mol. The first-order valence-corrected chi connectivity index (χ1v) is 5.13. The predicted molar refractivity (Wildman–Crippen MR) is 71.7 cm³/mol. The average Bonchev–Trinajstić information content (AvgIpc) is 2.27. The van der Waals surface area contributed by atoms with Gasteiger partial charge in [-0.3, -0.25) is 4.79 Å². The predicted octanol–water partition coefficient (Wildman–Crippen LogP) is 1.37. The second-order valence-electron chi connectivity index (χ2n) is 4.20. The van der Waals surface area contributed by atoms with E-state index in [4.69, 9.17) is 5.73 Å². The van der Waals surface area contributed by atoms with Gasteiger partial charge in [-0.1, -0.05) is 6.07 Å². The maximum atomic E-state index is 11.9. The molecule has 1 aromatic rings. The molecule has 0 bridgehead atoms. The molecule has 0 aliphatic carbocycles. The molecule has 0 aliphatic heterocycles. The molecule has 0 saturated heterocycles. The Morgan fingerprint density at radius 1 is 1.33 bits per heavy atom. The van der Waals surface area contributed by atoms with Crippen LogP contribution in [-0.4, -0.2) is 24.5 Å². The fourth-order valence-electron chi connectivity index (χ4n) is 1.34. The van der Waals surface area contributed by atoms with Crippen LogP contribution < -0.4 is 11.1 Å². The quantitative estimate of drug-likeness (QED) is 0.643. The number of ether oxygens (including phenoxy) is 1. The lowest BCUT2D eigenvalue weighted by atomic mass is 10.0. The molecule has 0 saturated carbocycles. The van der Waals surface area contributed by atoms with E-state index in [1.54, 1.807) is 38.1 Å². The molecule has 0 atom stereocenters. The smallest absolute Gasteiger partial charge is 0.330 e. The van der Waals surface area contributed by atoms with Gasteiger partial charge >= 0.3 is 5.97 Å². The van der Waals surface area contributed by atoms with E-state index in [1.165, 1.54) is 7.11 Å². The van der Waals surface area contributed by atoms with Gasteiger partial charge in [-0.2, -0.15) is 0 Å². The molecule has 1 aromatic carbocycles. The summed E-state index contributed by atoms with van der Waals surface area (Å²) >= 11 is 0. The molecule has 3 N–H and O–H groups in total. The van der Waals surface area contributed by atoms with Crippen molar-refractivity contribution in [2.24, 2.45) is 0 Å². The normalized spacial score (nSPS) is 10.2. The SMILES string of the molecule is COC(=O)C(C)(C)NC(=O)c1cccc(N)c1.Cl. The van der Waals surface area contributed by atoms with Crippen molar-refractivity contribution in [2.45, 2.75) is 19.4 Å². The molecule has 0 aliphatic rings. The number of hydrogen-bond acceptors (Lipinski definition) is 4. The van der Waals surface area contributed by atoms with Gasteiger partial charge in [0.25, 0.3) is 5.91 Å². The fraction of sp³-hybridized carbons (Fsp3) is 0.333. The molecule has 18 heavy (non-hydrogen) atoms. The summed E-state index contributed by atoms with van der Waals surface area (Å²) in [4.78, 5) is 23.3. The van der Waals surface area contributed by atoms with Crippen LogP contribution in [0.2, 0.25) is 0 Å². The maximum absolute atomic E-state index is 11.9. The number of methoxy groups -OCH3 is 1. The maximum Gasteiger partial charge on any atom is 0.330 e. The van der Waals surface area contributed by atoms with Crippen molar-refractivity contribution >= 4 is 30.0 Å². The van der Waals surface area contributed by atoms with Gasteiger partial charge in [0.15, 0.2) is 0 Å². The van der Waals surface area contributed by atoms with Crippen LogP contribution >= 0.6 is 12.4 Å². The number of carbonyl (C=O) groups excluding carboxylic acids is 2. The first kappa shape index (κ1) is 16.2. The zero-order valence-corrected chi connectivity index (χ0v) is 11.3. The van der Waals surface area contributed by atoms with E-state index in [2.05, 4.69) is 10.1 Å². The van der Waals surface area contributed by atoms with E-state index in [-0.39, 0.29) is 18.3 Å². The lowest BCUT2D eigenvalue weighted by Crippen LogP contribution is -2.50. The Kier molecular flexibility index (Phi) is 5.65. The summed E-state index contributed by atoms with van der Waals surface area (Å²) < 4.78 is 4.60. The molecular formula is C12H17ClN2O3. The largest absolute Gasteiger partial charge is 0.467 e. The molecule has 0 spiro atoms. The number of carbonyl (C=O) groups is 2. The molecule has 0 unspecified atom stereocenters. The van der Waals surface area contributed by atoms with E-state index in [0.29, 0.717) is 11.3 Å². The standard InChI is InChI=1S/C12H16N2O3.ClH/c1-12(2,11(16)17-3)14-10(15)8-5-4-6-9(13)7-8;/h4-7H,13H2,1-3H3,(H,14,15);1H. The van der Waals surface area contributed by atoms with Crippen molar-refractivity contribution in [3.63, 3.8) is 0 Å². The third-order valence-electron chi connectivity index (χ3n) is 2.27. The number of anilines is 1. The van der Waals surface area contributed by atoms with E-state index in [0.717, 1.165) is 0 Å². The zero-order chi connectivity index (χ0) is 13.1. The Labute approximate surface area is 112 Å². The van der Waals surface area contributed by atoms with Crippen molar-refractivity contribution in [3.8, 4) is 0 Å². The Bertz CT molecular complexity index is 447. The molecule has 0 aromatic heterocycles. The van der Waals surface area contributed by atoms with Gasteiger partial charge in [-0.25, -0.2) is 4.79 Å². The molecule has 0 radical (unpaired) electrons. The van der Waals surface area contributed by atoms with Gasteiger partial charge in [0.2, 0.25) is 0 Å². The number of nitrogens with one attached hydrogen (secondary N) is 1. The van der Waals surface area contributed by atoms with Gasteiger partial charge in [0.1, 0.15) is 5.54 Å². The molecular weight excluding hydrogens is 256 g/mol. The topological polar surface area (TPSA) is 81.4 Å². The molecule has 5 nitrogen and oxygen atoms in total. The fourth-order valence-corrected chi connectivity index (χ4v) is 1.34. The second kappa shape index (κ2) is 6.26. The van der Waals surface area contributed by atoms with Crippen molar-refractivity contribution in [2.75, 3.05) is 12.8 Å². The Morgan fingerprint density at radius 3 is 2.44 bits per heavy atom. The highest BCUT2D eigenvalue weighted by atomic mass is 35.5. The highest BCUT2D eigenvalue weighted by Crippen LogP contribution is 2.10. The highest BCUT2D eigenvalue weighted by molar-refractivity contribution is 5.98. The summed E-state index contributed by atoms with van der Waals surface area (Å²) in [6, 6.07) is 6.53. The van der Waals surface area contributed by atoms with Gasteiger partial charge in [0, 0.05) is 11.3 Å². The summed E-state index contributed by atoms with van der Waals surface area (Å²) in [5.74, 6) is -0.873. The van der Waals surface area contributed by atoms with Crippen molar-refractivity contribution < 1.29 is 14.3 Å². The number of halogens is 1. The summed E-state index contributed by atoms with van der Waals surface area (Å²) in [6.45, 7) is 3.14. The summed E-state index contributed by atoms with van der Waals surface area (Å²) in [6.07, 6.45) is 0. The second-order valence-corrected chi connectivity index (χ2v) is 4.20. The van der Waals surface area contributed by atoms with Gasteiger partial charge in [-0.05, 0) is 32.0 Å². The first-order chi connectivity index (χ1) is 7.86. The minimum atomic E-state index is -1.07. The van der Waals surface area contributed by atoms with Gasteiger partial charge < -0.3 is 15.8 Å². The molecule has 1 amide bonds. The Hall–Kier alpha value is -1.75. The molecule has 1 rings (SSSR count). The molecule has 100 valence electrons. The van der Waals surface area contributed by atoms with Crippen LogP contribution in [0, 0.1) is 0 Å². The number of nitrogens with two attached hydrogens (primary N) is 1. The highest BCUT2D eigenvalue weighted by Gasteiger charge is 2.30. The third kappa shape index (κ3) is 3.92. The van der Waals surface area contributed by atoms with Crippen LogP contribution in [-0.2, 0) is 9.53 Å². The zero-order valence-electron chi connectivity index (χ0n) is 10.5. The summed E-state index contributed by atoms with van der Waals surface area (Å²) in [5, 5.41) is 2.58. The minimum Gasteiger partial charge on any atom is -0.467 e.